The Hall–Kier alpha value is -2.12. The molecule has 2 atom stereocenters. The summed E-state index contributed by atoms with van der Waals surface area (Å²) >= 11 is 0. The van der Waals surface area contributed by atoms with Gasteiger partial charge in [-0.05, 0) is 54.4 Å². The first-order valence-corrected chi connectivity index (χ1v) is 10.0. The van der Waals surface area contributed by atoms with E-state index in [-0.39, 0.29) is 17.1 Å². The highest BCUT2D eigenvalue weighted by Crippen LogP contribution is 2.44. The van der Waals surface area contributed by atoms with Gasteiger partial charge in [-0.1, -0.05) is 39.8 Å². The molecular formula is C23H28F3NO3. The number of ether oxygens (including phenoxy) is 1. The fraction of sp³-hybridized carbons (Fsp3) is 0.522. The lowest BCUT2D eigenvalue weighted by atomic mass is 9.72. The Balaban J connectivity index is 2.06. The Kier molecular flexibility index (Phi) is 5.91. The first-order chi connectivity index (χ1) is 13.8. The van der Waals surface area contributed by atoms with Crippen LogP contribution in [0.15, 0.2) is 24.3 Å². The molecule has 1 aliphatic rings. The van der Waals surface area contributed by atoms with E-state index < -0.39 is 18.6 Å². The first kappa shape index (κ1) is 22.6. The molecular weight excluding hydrogens is 395 g/mol. The van der Waals surface area contributed by atoms with Gasteiger partial charge in [0.2, 0.25) is 0 Å². The van der Waals surface area contributed by atoms with E-state index in [1.165, 1.54) is 24.3 Å². The molecule has 0 aliphatic heterocycles. The molecule has 0 saturated carbocycles. The van der Waals surface area contributed by atoms with Crippen molar-refractivity contribution in [3.05, 3.63) is 57.9 Å². The van der Waals surface area contributed by atoms with Crippen molar-refractivity contribution in [3.8, 4) is 5.75 Å². The average molecular weight is 423 g/mol. The minimum Gasteiger partial charge on any atom is -0.406 e. The van der Waals surface area contributed by atoms with Gasteiger partial charge < -0.3 is 14.9 Å². The number of aliphatic hydroxyl groups excluding tert-OH is 2. The number of rotatable bonds is 4. The molecule has 4 nitrogen and oxygen atoms in total. The Bertz CT molecular complexity index is 921. The van der Waals surface area contributed by atoms with Gasteiger partial charge in [-0.15, -0.1) is 13.2 Å². The summed E-state index contributed by atoms with van der Waals surface area (Å²) in [7, 11) is 0. The summed E-state index contributed by atoms with van der Waals surface area (Å²) in [4.78, 5) is 4.84. The summed E-state index contributed by atoms with van der Waals surface area (Å²) in [5.74, 6) is -0.325. The number of alkyl halides is 3. The van der Waals surface area contributed by atoms with Gasteiger partial charge in [0, 0.05) is 22.5 Å². The van der Waals surface area contributed by atoms with Gasteiger partial charge in [-0.3, -0.25) is 4.98 Å². The van der Waals surface area contributed by atoms with Gasteiger partial charge in [-0.2, -0.15) is 0 Å². The van der Waals surface area contributed by atoms with Crippen molar-refractivity contribution in [3.63, 3.8) is 0 Å². The quantitative estimate of drug-likeness (QED) is 0.682. The largest absolute Gasteiger partial charge is 0.573 e. The van der Waals surface area contributed by atoms with E-state index in [9.17, 15) is 23.4 Å². The van der Waals surface area contributed by atoms with Crippen LogP contribution in [0.4, 0.5) is 13.2 Å². The zero-order valence-corrected chi connectivity index (χ0v) is 17.8. The number of nitrogens with zero attached hydrogens (tertiary/aromatic N) is 1. The third kappa shape index (κ3) is 4.62. The molecule has 3 rings (SSSR count). The predicted octanol–water partition coefficient (Wildman–Crippen LogP) is 5.50. The number of aromatic nitrogens is 1. The van der Waals surface area contributed by atoms with E-state index in [1.54, 1.807) is 0 Å². The standard InChI is InChI=1S/C23H28F3NO3/c1-12(2)20-19(13(3)18-16(27-20)10-22(4,5)11-17(18)28)21(29)14-6-8-15(9-7-14)30-23(24,25)26/h6-9,12,17,21,28-29H,10-11H2,1-5H3. The second kappa shape index (κ2) is 7.85. The van der Waals surface area contributed by atoms with Crippen LogP contribution in [-0.2, 0) is 6.42 Å². The van der Waals surface area contributed by atoms with Crippen LogP contribution >= 0.6 is 0 Å². The average Bonchev–Trinajstić information content (AvgIpc) is 2.58. The third-order valence-electron chi connectivity index (χ3n) is 5.63. The summed E-state index contributed by atoms with van der Waals surface area (Å²) in [5, 5.41) is 21.9. The van der Waals surface area contributed by atoms with Crippen molar-refractivity contribution >= 4 is 0 Å². The molecule has 0 radical (unpaired) electrons. The lowest BCUT2D eigenvalue weighted by Gasteiger charge is -2.36. The summed E-state index contributed by atoms with van der Waals surface area (Å²) in [6, 6.07) is 5.18. The highest BCUT2D eigenvalue weighted by Gasteiger charge is 2.36. The number of pyridine rings is 1. The number of hydrogen-bond donors (Lipinski definition) is 2. The van der Waals surface area contributed by atoms with Crippen LogP contribution in [0.25, 0.3) is 0 Å². The van der Waals surface area contributed by atoms with Crippen molar-refractivity contribution in [1.82, 2.24) is 4.98 Å². The molecule has 7 heteroatoms. The van der Waals surface area contributed by atoms with E-state index in [2.05, 4.69) is 18.6 Å². The highest BCUT2D eigenvalue weighted by atomic mass is 19.4. The van der Waals surface area contributed by atoms with E-state index >= 15 is 0 Å². The number of benzene rings is 1. The molecule has 1 heterocycles. The number of fused-ring (bicyclic) bond motifs is 1. The van der Waals surface area contributed by atoms with Crippen molar-refractivity contribution in [1.29, 1.82) is 0 Å². The van der Waals surface area contributed by atoms with E-state index in [0.717, 1.165) is 28.9 Å². The summed E-state index contributed by atoms with van der Waals surface area (Å²) in [5.41, 5.74) is 4.09. The molecule has 0 fully saturated rings. The second-order valence-corrected chi connectivity index (χ2v) is 9.13. The Morgan fingerprint density at radius 2 is 1.77 bits per heavy atom. The summed E-state index contributed by atoms with van der Waals surface area (Å²) < 4.78 is 41.1. The first-order valence-electron chi connectivity index (χ1n) is 10.0. The fourth-order valence-electron chi connectivity index (χ4n) is 4.35. The van der Waals surface area contributed by atoms with E-state index in [0.29, 0.717) is 17.5 Å². The Labute approximate surface area is 174 Å². The zero-order valence-electron chi connectivity index (χ0n) is 17.8. The van der Waals surface area contributed by atoms with Crippen molar-refractivity contribution < 1.29 is 28.1 Å². The van der Waals surface area contributed by atoms with Gasteiger partial charge >= 0.3 is 6.36 Å². The molecule has 2 aromatic rings. The normalized spacial score (nSPS) is 19.5. The van der Waals surface area contributed by atoms with E-state index in [4.69, 9.17) is 4.98 Å². The minimum atomic E-state index is -4.77. The second-order valence-electron chi connectivity index (χ2n) is 9.13. The molecule has 1 aliphatic carbocycles. The van der Waals surface area contributed by atoms with Gasteiger partial charge in [0.05, 0.1) is 6.10 Å². The Morgan fingerprint density at radius 3 is 2.30 bits per heavy atom. The van der Waals surface area contributed by atoms with Crippen molar-refractivity contribution in [2.45, 2.75) is 71.9 Å². The number of hydrogen-bond acceptors (Lipinski definition) is 4. The lowest BCUT2D eigenvalue weighted by Crippen LogP contribution is -2.29. The molecule has 0 bridgehead atoms. The minimum absolute atomic E-state index is 0.0219. The lowest BCUT2D eigenvalue weighted by molar-refractivity contribution is -0.274. The van der Waals surface area contributed by atoms with Gasteiger partial charge in [0.15, 0.2) is 0 Å². The molecule has 1 aromatic carbocycles. The van der Waals surface area contributed by atoms with Crippen LogP contribution in [0.5, 0.6) is 5.75 Å². The molecule has 164 valence electrons. The molecule has 1 aromatic heterocycles. The van der Waals surface area contributed by atoms with E-state index in [1.807, 2.05) is 20.8 Å². The SMILES string of the molecule is Cc1c2c(nc(C(C)C)c1C(O)c1ccc(OC(F)(F)F)cc1)CC(C)(C)CC2O. The smallest absolute Gasteiger partial charge is 0.406 e. The van der Waals surface area contributed by atoms with Gasteiger partial charge in [0.25, 0.3) is 0 Å². The summed E-state index contributed by atoms with van der Waals surface area (Å²) in [6.45, 7) is 10.0. The van der Waals surface area contributed by atoms with Crippen LogP contribution in [0.3, 0.4) is 0 Å². The van der Waals surface area contributed by atoms with Crippen LogP contribution in [0.2, 0.25) is 0 Å². The monoisotopic (exact) mass is 423 g/mol. The van der Waals surface area contributed by atoms with Crippen LogP contribution in [-0.4, -0.2) is 21.6 Å². The maximum absolute atomic E-state index is 12.4. The predicted molar refractivity (Wildman–Crippen MR) is 107 cm³/mol. The molecule has 2 N–H and O–H groups in total. The van der Waals surface area contributed by atoms with Gasteiger partial charge in [0.1, 0.15) is 11.9 Å². The Morgan fingerprint density at radius 1 is 1.17 bits per heavy atom. The molecule has 0 amide bonds. The fourth-order valence-corrected chi connectivity index (χ4v) is 4.35. The maximum atomic E-state index is 12.4. The van der Waals surface area contributed by atoms with Crippen LogP contribution in [0.1, 0.15) is 85.9 Å². The number of halogens is 3. The molecule has 30 heavy (non-hydrogen) atoms. The third-order valence-corrected chi connectivity index (χ3v) is 5.63. The maximum Gasteiger partial charge on any atom is 0.573 e. The molecule has 0 saturated heterocycles. The topological polar surface area (TPSA) is 62.6 Å². The van der Waals surface area contributed by atoms with Crippen LogP contribution < -0.4 is 4.74 Å². The highest BCUT2D eigenvalue weighted by molar-refractivity contribution is 5.48. The molecule has 0 spiro atoms. The summed E-state index contributed by atoms with van der Waals surface area (Å²) in [6.07, 6.45) is -5.19. The van der Waals surface area contributed by atoms with Crippen molar-refractivity contribution in [2.75, 3.05) is 0 Å². The van der Waals surface area contributed by atoms with Crippen LogP contribution in [0, 0.1) is 12.3 Å². The molecule has 2 unspecified atom stereocenters. The zero-order chi connectivity index (χ0) is 22.4. The number of aliphatic hydroxyl groups is 2. The van der Waals surface area contributed by atoms with Crippen molar-refractivity contribution in [2.24, 2.45) is 5.41 Å². The van der Waals surface area contributed by atoms with Gasteiger partial charge in [-0.25, -0.2) is 0 Å².